The van der Waals surface area contributed by atoms with E-state index in [1.54, 1.807) is 44.7 Å². The van der Waals surface area contributed by atoms with Gasteiger partial charge in [0.15, 0.2) is 12.0 Å². The van der Waals surface area contributed by atoms with Crippen molar-refractivity contribution in [2.45, 2.75) is 71.8 Å². The number of nitrogens with one attached hydrogen (secondary N) is 2. The summed E-state index contributed by atoms with van der Waals surface area (Å²) in [5.41, 5.74) is 2.85. The number of benzene rings is 2. The standard InChI is InChI=1S/C30H33ClFN5O4/c1-16-13-24(28(39)36-35-16)41-23-11-9-21(26(32)17(23)2)27(38)34-18(3)29(40)37-22(19-7-6-8-20(31)14-19)10-12-25(37)30(4,5)15-33/h6-9,11,13-14,18,22,25,28,36,39H,10,12H2,1-5H3,(H,34,38)/t18-,22+,25-,28?/m1/s1. The lowest BCUT2D eigenvalue weighted by molar-refractivity contribution is -0.137. The fourth-order valence-electron chi connectivity index (χ4n) is 5.21. The third-order valence-electron chi connectivity index (χ3n) is 7.51. The van der Waals surface area contributed by atoms with Crippen LogP contribution in [0.5, 0.6) is 5.75 Å². The van der Waals surface area contributed by atoms with E-state index in [1.165, 1.54) is 25.1 Å². The number of allylic oxidation sites excluding steroid dienone is 1. The number of rotatable bonds is 7. The van der Waals surface area contributed by atoms with Crippen molar-refractivity contribution < 1.29 is 23.8 Å². The summed E-state index contributed by atoms with van der Waals surface area (Å²) < 4.78 is 21.1. The smallest absolute Gasteiger partial charge is 0.254 e. The summed E-state index contributed by atoms with van der Waals surface area (Å²) in [7, 11) is 0. The Morgan fingerprint density at radius 3 is 2.71 bits per heavy atom. The van der Waals surface area contributed by atoms with E-state index in [2.05, 4.69) is 21.9 Å². The molecule has 0 radical (unpaired) electrons. The molecular formula is C30H33ClFN5O4. The summed E-state index contributed by atoms with van der Waals surface area (Å²) in [5, 5.41) is 26.9. The molecule has 2 amide bonds. The number of ether oxygens (including phenoxy) is 1. The average molecular weight is 582 g/mol. The summed E-state index contributed by atoms with van der Waals surface area (Å²) in [6.45, 7) is 8.27. The SMILES string of the molecule is CC1=NNC(O)C(Oc2ccc(C(=O)N[C@H](C)C(=O)N3[C@H](c4cccc(Cl)c4)CC[C@@H]3C(C)(C)C#N)c(F)c2C)=C1. The van der Waals surface area contributed by atoms with Gasteiger partial charge in [-0.2, -0.15) is 10.4 Å². The van der Waals surface area contributed by atoms with E-state index < -0.39 is 35.5 Å². The third-order valence-corrected chi connectivity index (χ3v) is 7.74. The van der Waals surface area contributed by atoms with Crippen molar-refractivity contribution in [2.75, 3.05) is 0 Å². The molecule has 11 heteroatoms. The van der Waals surface area contributed by atoms with Gasteiger partial charge in [-0.05, 0) is 77.3 Å². The van der Waals surface area contributed by atoms with Gasteiger partial charge in [-0.3, -0.25) is 15.0 Å². The van der Waals surface area contributed by atoms with Crippen LogP contribution in [0.1, 0.15) is 68.1 Å². The highest BCUT2D eigenvalue weighted by atomic mass is 35.5. The normalized spacial score (nSPS) is 21.2. The minimum absolute atomic E-state index is 0.0568. The Balaban J connectivity index is 1.55. The molecule has 1 fully saturated rings. The number of carbonyl (C=O) groups is 2. The van der Waals surface area contributed by atoms with Crippen LogP contribution in [0.15, 0.2) is 53.3 Å². The van der Waals surface area contributed by atoms with Crippen molar-refractivity contribution in [2.24, 2.45) is 10.5 Å². The number of nitrogens with zero attached hydrogens (tertiary/aromatic N) is 3. The zero-order chi connectivity index (χ0) is 30.1. The highest BCUT2D eigenvalue weighted by molar-refractivity contribution is 6.30. The fourth-order valence-corrected chi connectivity index (χ4v) is 5.41. The quantitative estimate of drug-likeness (QED) is 0.433. The third kappa shape index (κ3) is 6.21. The lowest BCUT2D eigenvalue weighted by Gasteiger charge is -2.38. The largest absolute Gasteiger partial charge is 0.456 e. The van der Waals surface area contributed by atoms with Gasteiger partial charge in [-0.15, -0.1) is 0 Å². The molecule has 4 rings (SSSR count). The minimum atomic E-state index is -1.20. The molecule has 2 aliphatic rings. The lowest BCUT2D eigenvalue weighted by atomic mass is 9.84. The topological polar surface area (TPSA) is 127 Å². The highest BCUT2D eigenvalue weighted by Gasteiger charge is 2.46. The summed E-state index contributed by atoms with van der Waals surface area (Å²) in [5.74, 6) is -1.72. The number of nitriles is 1. The molecule has 1 saturated heterocycles. The molecule has 2 aliphatic heterocycles. The van der Waals surface area contributed by atoms with Crippen LogP contribution in [0.25, 0.3) is 0 Å². The van der Waals surface area contributed by atoms with E-state index in [0.717, 1.165) is 5.56 Å². The Labute approximate surface area is 243 Å². The van der Waals surface area contributed by atoms with Crippen LogP contribution in [0.3, 0.4) is 0 Å². The van der Waals surface area contributed by atoms with Crippen LogP contribution >= 0.6 is 11.6 Å². The first-order valence-corrected chi connectivity index (χ1v) is 13.7. The predicted molar refractivity (Wildman–Crippen MR) is 152 cm³/mol. The number of aliphatic hydroxyl groups is 1. The molecule has 4 atom stereocenters. The Bertz CT molecular complexity index is 1470. The average Bonchev–Trinajstić information content (AvgIpc) is 3.39. The number of hydrogen-bond acceptors (Lipinski definition) is 7. The zero-order valence-electron chi connectivity index (χ0n) is 23.5. The molecule has 1 unspecified atom stereocenters. The van der Waals surface area contributed by atoms with Crippen molar-refractivity contribution in [3.63, 3.8) is 0 Å². The number of likely N-dealkylation sites (tertiary alicyclic amines) is 1. The van der Waals surface area contributed by atoms with Gasteiger partial charge in [0, 0.05) is 16.7 Å². The number of halogens is 2. The molecule has 3 N–H and O–H groups in total. The summed E-state index contributed by atoms with van der Waals surface area (Å²) in [6, 6.07) is 10.5. The molecule has 2 aromatic carbocycles. The van der Waals surface area contributed by atoms with E-state index in [9.17, 15) is 20.0 Å². The van der Waals surface area contributed by atoms with Crippen molar-refractivity contribution >= 4 is 29.1 Å². The summed E-state index contributed by atoms with van der Waals surface area (Å²) in [4.78, 5) is 28.7. The summed E-state index contributed by atoms with van der Waals surface area (Å²) in [6.07, 6.45) is 1.55. The molecule has 0 aromatic heterocycles. The van der Waals surface area contributed by atoms with Crippen molar-refractivity contribution in [3.8, 4) is 11.8 Å². The van der Waals surface area contributed by atoms with Gasteiger partial charge in [0.05, 0.1) is 34.8 Å². The fraction of sp³-hybridized carbons (Fsp3) is 0.400. The van der Waals surface area contributed by atoms with Crippen LogP contribution in [0, 0.1) is 29.5 Å². The van der Waals surface area contributed by atoms with Crippen molar-refractivity contribution in [1.82, 2.24) is 15.6 Å². The van der Waals surface area contributed by atoms with Gasteiger partial charge >= 0.3 is 0 Å². The molecule has 216 valence electrons. The lowest BCUT2D eigenvalue weighted by Crippen LogP contribution is -2.52. The highest BCUT2D eigenvalue weighted by Crippen LogP contribution is 2.43. The van der Waals surface area contributed by atoms with Crippen molar-refractivity contribution in [3.05, 3.63) is 75.8 Å². The molecule has 0 spiro atoms. The molecule has 0 aliphatic carbocycles. The van der Waals surface area contributed by atoms with Gasteiger partial charge in [-0.1, -0.05) is 23.7 Å². The molecule has 0 bridgehead atoms. The molecule has 2 aromatic rings. The van der Waals surface area contributed by atoms with Crippen LogP contribution in [0.2, 0.25) is 5.02 Å². The first kappa shape index (κ1) is 30.0. The van der Waals surface area contributed by atoms with Gasteiger partial charge < -0.3 is 20.1 Å². The Morgan fingerprint density at radius 2 is 2.02 bits per heavy atom. The predicted octanol–water partition coefficient (Wildman–Crippen LogP) is 4.75. The second kappa shape index (κ2) is 11.9. The van der Waals surface area contributed by atoms with E-state index in [4.69, 9.17) is 16.3 Å². The maximum atomic E-state index is 15.4. The Morgan fingerprint density at radius 1 is 1.29 bits per heavy atom. The van der Waals surface area contributed by atoms with Crippen LogP contribution < -0.4 is 15.5 Å². The Hall–Kier alpha value is -3.94. The number of aliphatic hydroxyl groups excluding tert-OH is 1. The van der Waals surface area contributed by atoms with Crippen LogP contribution in [-0.2, 0) is 4.79 Å². The molecule has 2 heterocycles. The molecule has 0 saturated carbocycles. The zero-order valence-corrected chi connectivity index (χ0v) is 24.3. The van der Waals surface area contributed by atoms with Gasteiger partial charge in [0.25, 0.3) is 5.91 Å². The molecular weight excluding hydrogens is 549 g/mol. The monoisotopic (exact) mass is 581 g/mol. The number of carbonyl (C=O) groups excluding carboxylic acids is 2. The second-order valence-corrected chi connectivity index (χ2v) is 11.4. The Kier molecular flexibility index (Phi) is 8.71. The molecule has 9 nitrogen and oxygen atoms in total. The maximum Gasteiger partial charge on any atom is 0.254 e. The summed E-state index contributed by atoms with van der Waals surface area (Å²) >= 11 is 6.23. The van der Waals surface area contributed by atoms with Crippen LogP contribution in [-0.4, -0.2) is 45.8 Å². The van der Waals surface area contributed by atoms with Gasteiger partial charge in [-0.25, -0.2) is 4.39 Å². The maximum absolute atomic E-state index is 15.4. The number of hydrazone groups is 1. The number of hydrogen-bond donors (Lipinski definition) is 3. The van der Waals surface area contributed by atoms with E-state index in [-0.39, 0.29) is 34.6 Å². The van der Waals surface area contributed by atoms with Crippen molar-refractivity contribution in [1.29, 1.82) is 5.26 Å². The van der Waals surface area contributed by atoms with Gasteiger partial charge in [0.1, 0.15) is 17.6 Å². The van der Waals surface area contributed by atoms with E-state index in [0.29, 0.717) is 23.6 Å². The first-order valence-electron chi connectivity index (χ1n) is 13.3. The second-order valence-electron chi connectivity index (χ2n) is 10.9. The van der Waals surface area contributed by atoms with E-state index in [1.807, 2.05) is 12.1 Å². The van der Waals surface area contributed by atoms with E-state index >= 15 is 4.39 Å². The molecule has 41 heavy (non-hydrogen) atoms. The number of amides is 2. The first-order chi connectivity index (χ1) is 19.3. The van der Waals surface area contributed by atoms with Gasteiger partial charge in [0.2, 0.25) is 5.91 Å². The minimum Gasteiger partial charge on any atom is -0.456 e. The van der Waals surface area contributed by atoms with Crippen LogP contribution in [0.4, 0.5) is 4.39 Å².